The molecule has 0 fully saturated rings. The Morgan fingerprint density at radius 1 is 0.857 bits per heavy atom. The van der Waals surface area contributed by atoms with Crippen molar-refractivity contribution < 1.29 is 26.1 Å². The largest absolute Gasteiger partial charge is 0.482 e. The van der Waals surface area contributed by atoms with Crippen LogP contribution in [0.5, 0.6) is 0 Å². The first-order chi connectivity index (χ1) is 6.29. The summed E-state index contributed by atoms with van der Waals surface area (Å²) in [6.07, 6.45) is -1.55. The molecule has 0 nitrogen and oxygen atoms in total. The van der Waals surface area contributed by atoms with Gasteiger partial charge in [-0.15, -0.1) is 0 Å². The van der Waals surface area contributed by atoms with E-state index in [0.717, 1.165) is 0 Å². The normalized spacial score (nSPS) is 11.9. The van der Waals surface area contributed by atoms with Gasteiger partial charge in [-0.3, -0.25) is 0 Å². The van der Waals surface area contributed by atoms with Gasteiger partial charge >= 0.3 is 6.98 Å². The highest BCUT2D eigenvalue weighted by Crippen LogP contribution is 2.20. The second kappa shape index (κ2) is 3.55. The van der Waals surface area contributed by atoms with Crippen LogP contribution >= 0.6 is 0 Å². The van der Waals surface area contributed by atoms with Crippen molar-refractivity contribution in [1.82, 2.24) is 0 Å². The Bertz CT molecular complexity index is 345. The van der Waals surface area contributed by atoms with E-state index >= 15 is 0 Å². The molecular formula is C7H4BF6-. The second-order valence-corrected chi connectivity index (χ2v) is 2.77. The fraction of sp³-hybridized carbons (Fsp3) is 0.143. The average Bonchev–Trinajstić information content (AvgIpc) is 1.97. The molecule has 78 valence electrons. The van der Waals surface area contributed by atoms with Crippen LogP contribution in [0.25, 0.3) is 0 Å². The van der Waals surface area contributed by atoms with Crippen molar-refractivity contribution >= 4 is 6.98 Å². The lowest BCUT2D eigenvalue weighted by Crippen LogP contribution is -2.20. The average molecular weight is 213 g/mol. The Morgan fingerprint density at radius 2 is 1.36 bits per heavy atom. The number of hydrogen-bond acceptors (Lipinski definition) is 0. The van der Waals surface area contributed by atoms with E-state index in [-0.39, 0.29) is 12.1 Å². The van der Waals surface area contributed by atoms with E-state index in [9.17, 15) is 26.1 Å². The van der Waals surface area contributed by atoms with E-state index in [1.165, 1.54) is 0 Å². The Labute approximate surface area is 75.6 Å². The molecule has 0 bridgehead atoms. The lowest BCUT2D eigenvalue weighted by molar-refractivity contribution is 0.459. The second-order valence-electron chi connectivity index (χ2n) is 2.77. The molecule has 0 aromatic heterocycles. The minimum Gasteiger partial charge on any atom is -0.449 e. The van der Waals surface area contributed by atoms with Crippen LogP contribution < -0.4 is 0 Å². The van der Waals surface area contributed by atoms with Gasteiger partial charge in [-0.1, -0.05) is 6.32 Å². The molecule has 1 aromatic carbocycles. The molecule has 1 aromatic rings. The molecule has 0 aliphatic carbocycles. The van der Waals surface area contributed by atoms with Gasteiger partial charge in [0, 0.05) is 6.07 Å². The molecule has 0 amide bonds. The van der Waals surface area contributed by atoms with Crippen LogP contribution in [0.4, 0.5) is 26.1 Å². The van der Waals surface area contributed by atoms with E-state index in [2.05, 4.69) is 0 Å². The quantitative estimate of drug-likeness (QED) is 0.402. The summed E-state index contributed by atoms with van der Waals surface area (Å²) < 4.78 is 72.9. The van der Waals surface area contributed by atoms with Gasteiger partial charge in [0.05, 0.1) is 0 Å². The monoisotopic (exact) mass is 213 g/mol. The van der Waals surface area contributed by atoms with E-state index in [4.69, 9.17) is 0 Å². The van der Waals surface area contributed by atoms with E-state index in [0.29, 0.717) is 0 Å². The van der Waals surface area contributed by atoms with Crippen molar-refractivity contribution in [3.8, 4) is 0 Å². The molecule has 0 heterocycles. The number of halogens is 6. The highest BCUT2D eigenvalue weighted by molar-refractivity contribution is 6.57. The molecule has 0 saturated carbocycles. The maximum absolute atomic E-state index is 12.7. The van der Waals surface area contributed by atoms with Crippen LogP contribution in [0, 0.1) is 17.5 Å². The van der Waals surface area contributed by atoms with Gasteiger partial charge in [0.15, 0.2) is 11.6 Å². The third-order valence-electron chi connectivity index (χ3n) is 1.54. The molecule has 14 heavy (non-hydrogen) atoms. The third-order valence-corrected chi connectivity index (χ3v) is 1.54. The van der Waals surface area contributed by atoms with Gasteiger partial charge < -0.3 is 12.9 Å². The maximum atomic E-state index is 12.7. The Balaban J connectivity index is 3.04. The number of hydrogen-bond donors (Lipinski definition) is 0. The summed E-state index contributed by atoms with van der Waals surface area (Å²) in [7, 11) is 0. The summed E-state index contributed by atoms with van der Waals surface area (Å²) in [5, 5.41) is 0. The first-order valence-electron chi connectivity index (χ1n) is 3.64. The lowest BCUT2D eigenvalue weighted by atomic mass is 9.81. The first kappa shape index (κ1) is 10.9. The summed E-state index contributed by atoms with van der Waals surface area (Å²) >= 11 is 0. The third kappa shape index (κ3) is 2.68. The van der Waals surface area contributed by atoms with Gasteiger partial charge in [0.25, 0.3) is 0 Å². The summed E-state index contributed by atoms with van der Waals surface area (Å²) in [5.41, 5.74) is -0.878. The summed E-state index contributed by atoms with van der Waals surface area (Å²) in [5.74, 6) is -4.37. The van der Waals surface area contributed by atoms with Crippen molar-refractivity contribution in [3.63, 3.8) is 0 Å². The van der Waals surface area contributed by atoms with Crippen LogP contribution in [0.3, 0.4) is 0 Å². The Morgan fingerprint density at radius 3 is 1.86 bits per heavy atom. The molecule has 0 spiro atoms. The standard InChI is InChI=1S/C7H4BF6/c9-5-2-7(11)6(10)1-4(5)3-8(12,13)14/h1-2H,3H2/q-1. The van der Waals surface area contributed by atoms with Gasteiger partial charge in [0.2, 0.25) is 0 Å². The number of benzene rings is 1. The molecule has 1 rings (SSSR count). The SMILES string of the molecule is Fc1cc(F)c(C[B-](F)(F)F)cc1F. The van der Waals surface area contributed by atoms with Crippen molar-refractivity contribution in [2.45, 2.75) is 6.32 Å². The minimum atomic E-state index is -5.26. The zero-order chi connectivity index (χ0) is 10.9. The molecule has 0 unspecified atom stereocenters. The summed E-state index contributed by atoms with van der Waals surface area (Å²) in [6.45, 7) is -5.26. The van der Waals surface area contributed by atoms with Crippen molar-refractivity contribution in [1.29, 1.82) is 0 Å². The van der Waals surface area contributed by atoms with Gasteiger partial charge in [-0.05, 0) is 11.6 Å². The van der Waals surface area contributed by atoms with E-state index in [1.54, 1.807) is 0 Å². The fourth-order valence-corrected chi connectivity index (χ4v) is 0.970. The van der Waals surface area contributed by atoms with Gasteiger partial charge in [-0.2, -0.15) is 0 Å². The Kier molecular flexibility index (Phi) is 2.77. The molecule has 0 aliphatic heterocycles. The molecule has 7 heteroatoms. The first-order valence-corrected chi connectivity index (χ1v) is 3.64. The fourth-order valence-electron chi connectivity index (χ4n) is 0.970. The number of rotatable bonds is 2. The molecule has 0 N–H and O–H groups in total. The van der Waals surface area contributed by atoms with Crippen molar-refractivity contribution in [3.05, 3.63) is 35.1 Å². The summed E-state index contributed by atoms with van der Waals surface area (Å²) in [6, 6.07) is 0.326. The van der Waals surface area contributed by atoms with Crippen molar-refractivity contribution in [2.75, 3.05) is 0 Å². The van der Waals surface area contributed by atoms with Gasteiger partial charge in [-0.25, -0.2) is 13.2 Å². The van der Waals surface area contributed by atoms with E-state index < -0.39 is 36.3 Å². The predicted octanol–water partition coefficient (Wildman–Crippen LogP) is 3.03. The summed E-state index contributed by atoms with van der Waals surface area (Å²) in [4.78, 5) is 0. The van der Waals surface area contributed by atoms with Crippen LogP contribution in [0.2, 0.25) is 0 Å². The maximum Gasteiger partial charge on any atom is 0.482 e. The van der Waals surface area contributed by atoms with E-state index in [1.807, 2.05) is 0 Å². The highest BCUT2D eigenvalue weighted by atomic mass is 19.4. The zero-order valence-corrected chi connectivity index (χ0v) is 6.71. The molecule has 0 aliphatic rings. The molecular weight excluding hydrogens is 209 g/mol. The van der Waals surface area contributed by atoms with Crippen LogP contribution in [-0.4, -0.2) is 6.98 Å². The molecule has 0 saturated heterocycles. The van der Waals surface area contributed by atoms with Crippen LogP contribution in [0.15, 0.2) is 12.1 Å². The lowest BCUT2D eigenvalue weighted by Gasteiger charge is -2.13. The molecule has 0 radical (unpaired) electrons. The smallest absolute Gasteiger partial charge is 0.449 e. The van der Waals surface area contributed by atoms with Crippen LogP contribution in [-0.2, 0) is 6.32 Å². The van der Waals surface area contributed by atoms with Crippen molar-refractivity contribution in [2.24, 2.45) is 0 Å². The molecule has 0 atom stereocenters. The van der Waals surface area contributed by atoms with Gasteiger partial charge in [0.1, 0.15) is 5.82 Å². The topological polar surface area (TPSA) is 0 Å². The Hall–Kier alpha value is -1.14. The van der Waals surface area contributed by atoms with Crippen LogP contribution in [0.1, 0.15) is 5.56 Å². The highest BCUT2D eigenvalue weighted by Gasteiger charge is 2.25. The zero-order valence-electron chi connectivity index (χ0n) is 6.71. The predicted molar refractivity (Wildman–Crippen MR) is 39.1 cm³/mol. The minimum absolute atomic E-state index is 0.104.